The van der Waals surface area contributed by atoms with Crippen LogP contribution < -0.4 is 5.32 Å². The first-order chi connectivity index (χ1) is 8.59. The van der Waals surface area contributed by atoms with Crippen LogP contribution >= 0.6 is 28.6 Å². The fraction of sp³-hybridized carbons (Fsp3) is 0.462. The second-order valence-electron chi connectivity index (χ2n) is 4.56. The number of hydrogen-bond acceptors (Lipinski definition) is 3. The van der Waals surface area contributed by atoms with Gasteiger partial charge in [0.1, 0.15) is 0 Å². The summed E-state index contributed by atoms with van der Waals surface area (Å²) in [6.07, 6.45) is 2.03. The molecular formula is C13H17BrN2OS. The molecule has 1 aliphatic rings. The average molecular weight is 329 g/mol. The maximum atomic E-state index is 12.4. The van der Waals surface area contributed by atoms with Crippen molar-refractivity contribution in [1.29, 1.82) is 0 Å². The average Bonchev–Trinajstić information content (AvgIpc) is 2.38. The Labute approximate surface area is 121 Å². The summed E-state index contributed by atoms with van der Waals surface area (Å²) in [5, 5.41) is 3.31. The van der Waals surface area contributed by atoms with E-state index < -0.39 is 0 Å². The monoisotopic (exact) mass is 328 g/mol. The molecule has 1 amide bonds. The predicted octanol–water partition coefficient (Wildman–Crippen LogP) is 2.56. The molecule has 18 heavy (non-hydrogen) atoms. The molecule has 0 unspecified atom stereocenters. The summed E-state index contributed by atoms with van der Waals surface area (Å²) in [7, 11) is 1.88. The normalized spacial score (nSPS) is 16.6. The van der Waals surface area contributed by atoms with E-state index in [9.17, 15) is 4.79 Å². The summed E-state index contributed by atoms with van der Waals surface area (Å²) in [6, 6.07) is 5.89. The molecule has 1 N–H and O–H groups in total. The summed E-state index contributed by atoms with van der Waals surface area (Å²) in [6.45, 7) is 1.96. The smallest absolute Gasteiger partial charge is 0.254 e. The van der Waals surface area contributed by atoms with Crippen LogP contribution in [0.4, 0.5) is 0 Å². The predicted molar refractivity (Wildman–Crippen MR) is 79.4 cm³/mol. The number of benzene rings is 1. The summed E-state index contributed by atoms with van der Waals surface area (Å²) in [4.78, 5) is 15.0. The number of hydrogen-bond donors (Lipinski definition) is 2. The number of nitrogens with one attached hydrogen (secondary N) is 1. The third kappa shape index (κ3) is 3.08. The Morgan fingerprint density at radius 1 is 1.44 bits per heavy atom. The molecule has 1 heterocycles. The molecule has 0 atom stereocenters. The zero-order chi connectivity index (χ0) is 13.1. The maximum absolute atomic E-state index is 12.4. The molecule has 2 rings (SSSR count). The Morgan fingerprint density at radius 2 is 2.11 bits per heavy atom. The molecule has 1 saturated heterocycles. The number of carbonyl (C=O) groups excluding carboxylic acids is 1. The van der Waals surface area contributed by atoms with Crippen LogP contribution in [0.25, 0.3) is 0 Å². The molecule has 0 aliphatic carbocycles. The standard InChI is InChI=1S/C13H17BrN2OS/c1-16(10-4-6-15-7-5-10)13(17)11-3-2-9(14)8-12(11)18/h2-3,8,10,15,18H,4-7H2,1H3. The van der Waals surface area contributed by atoms with Gasteiger partial charge in [-0.05, 0) is 44.1 Å². The number of nitrogens with zero attached hydrogens (tertiary/aromatic N) is 1. The molecule has 3 nitrogen and oxygen atoms in total. The van der Waals surface area contributed by atoms with Gasteiger partial charge in [-0.25, -0.2) is 0 Å². The number of carbonyl (C=O) groups is 1. The summed E-state index contributed by atoms with van der Waals surface area (Å²) in [5.74, 6) is 0.0550. The highest BCUT2D eigenvalue weighted by atomic mass is 79.9. The van der Waals surface area contributed by atoms with Gasteiger partial charge in [0.25, 0.3) is 5.91 Å². The van der Waals surface area contributed by atoms with Crippen molar-refractivity contribution in [1.82, 2.24) is 10.2 Å². The van der Waals surface area contributed by atoms with E-state index in [0.29, 0.717) is 11.6 Å². The Kier molecular flexibility index (Phi) is 4.70. The first kappa shape index (κ1) is 13.9. The minimum Gasteiger partial charge on any atom is -0.339 e. The SMILES string of the molecule is CN(C(=O)c1ccc(Br)cc1S)C1CCNCC1. The van der Waals surface area contributed by atoms with Gasteiger partial charge in [0.2, 0.25) is 0 Å². The molecule has 1 aromatic rings. The first-order valence-electron chi connectivity index (χ1n) is 6.06. The lowest BCUT2D eigenvalue weighted by Crippen LogP contribution is -2.44. The fourth-order valence-corrected chi connectivity index (χ4v) is 3.08. The van der Waals surface area contributed by atoms with Crippen LogP contribution in [0.1, 0.15) is 23.2 Å². The zero-order valence-corrected chi connectivity index (χ0v) is 12.8. The van der Waals surface area contributed by atoms with E-state index in [0.717, 1.165) is 35.3 Å². The van der Waals surface area contributed by atoms with E-state index in [-0.39, 0.29) is 5.91 Å². The lowest BCUT2D eigenvalue weighted by atomic mass is 10.0. The number of halogens is 1. The first-order valence-corrected chi connectivity index (χ1v) is 7.30. The molecule has 0 spiro atoms. The van der Waals surface area contributed by atoms with Crippen LogP contribution in [0.2, 0.25) is 0 Å². The van der Waals surface area contributed by atoms with Gasteiger partial charge in [0.05, 0.1) is 5.56 Å². The maximum Gasteiger partial charge on any atom is 0.254 e. The molecule has 1 fully saturated rings. The van der Waals surface area contributed by atoms with Crippen molar-refractivity contribution < 1.29 is 4.79 Å². The highest BCUT2D eigenvalue weighted by molar-refractivity contribution is 9.10. The van der Waals surface area contributed by atoms with Crippen molar-refractivity contribution in [3.63, 3.8) is 0 Å². The quantitative estimate of drug-likeness (QED) is 0.818. The Morgan fingerprint density at radius 3 is 2.72 bits per heavy atom. The van der Waals surface area contributed by atoms with Crippen LogP contribution in [0.15, 0.2) is 27.6 Å². The highest BCUT2D eigenvalue weighted by Crippen LogP contribution is 2.22. The second-order valence-corrected chi connectivity index (χ2v) is 5.96. The summed E-state index contributed by atoms with van der Waals surface area (Å²) < 4.78 is 0.938. The molecule has 98 valence electrons. The van der Waals surface area contributed by atoms with Crippen LogP contribution in [0.5, 0.6) is 0 Å². The Bertz CT molecular complexity index is 447. The lowest BCUT2D eigenvalue weighted by molar-refractivity contribution is 0.0700. The van der Waals surface area contributed by atoms with Gasteiger partial charge >= 0.3 is 0 Å². The summed E-state index contributed by atoms with van der Waals surface area (Å²) in [5.41, 5.74) is 0.669. The molecule has 0 radical (unpaired) electrons. The van der Waals surface area contributed by atoms with Gasteiger partial charge in [-0.3, -0.25) is 4.79 Å². The largest absolute Gasteiger partial charge is 0.339 e. The van der Waals surface area contributed by atoms with Crippen molar-refractivity contribution >= 4 is 34.5 Å². The minimum atomic E-state index is 0.0550. The van der Waals surface area contributed by atoms with Gasteiger partial charge < -0.3 is 10.2 Å². The lowest BCUT2D eigenvalue weighted by Gasteiger charge is -2.32. The number of rotatable bonds is 2. The molecule has 0 aromatic heterocycles. The second kappa shape index (κ2) is 6.08. The van der Waals surface area contributed by atoms with Crippen LogP contribution in [-0.4, -0.2) is 37.0 Å². The van der Waals surface area contributed by atoms with E-state index in [1.807, 2.05) is 30.1 Å². The minimum absolute atomic E-state index is 0.0550. The molecule has 1 aliphatic heterocycles. The third-order valence-corrected chi connectivity index (χ3v) is 4.23. The van der Waals surface area contributed by atoms with E-state index in [2.05, 4.69) is 33.9 Å². The van der Waals surface area contributed by atoms with Gasteiger partial charge in [0, 0.05) is 22.5 Å². The third-order valence-electron chi connectivity index (χ3n) is 3.37. The molecule has 0 bridgehead atoms. The van der Waals surface area contributed by atoms with Gasteiger partial charge in [-0.15, -0.1) is 12.6 Å². The van der Waals surface area contributed by atoms with E-state index in [1.165, 1.54) is 0 Å². The summed E-state index contributed by atoms with van der Waals surface area (Å²) >= 11 is 7.75. The van der Waals surface area contributed by atoms with E-state index >= 15 is 0 Å². The number of amides is 1. The van der Waals surface area contributed by atoms with Crippen LogP contribution in [0, 0.1) is 0 Å². The van der Waals surface area contributed by atoms with Crippen molar-refractivity contribution in [2.75, 3.05) is 20.1 Å². The Hall–Kier alpha value is -0.520. The van der Waals surface area contributed by atoms with Crippen molar-refractivity contribution in [3.05, 3.63) is 28.2 Å². The topological polar surface area (TPSA) is 32.3 Å². The fourth-order valence-electron chi connectivity index (χ4n) is 2.24. The van der Waals surface area contributed by atoms with Crippen molar-refractivity contribution in [2.24, 2.45) is 0 Å². The van der Waals surface area contributed by atoms with Gasteiger partial charge in [-0.2, -0.15) is 0 Å². The van der Waals surface area contributed by atoms with Gasteiger partial charge in [0.15, 0.2) is 0 Å². The zero-order valence-electron chi connectivity index (χ0n) is 10.3. The Balaban J connectivity index is 2.14. The molecule has 5 heteroatoms. The van der Waals surface area contributed by atoms with Crippen molar-refractivity contribution in [2.45, 2.75) is 23.8 Å². The van der Waals surface area contributed by atoms with Crippen molar-refractivity contribution in [3.8, 4) is 0 Å². The molecule has 1 aromatic carbocycles. The highest BCUT2D eigenvalue weighted by Gasteiger charge is 2.23. The van der Waals surface area contributed by atoms with Crippen LogP contribution in [0.3, 0.4) is 0 Å². The van der Waals surface area contributed by atoms with E-state index in [1.54, 1.807) is 0 Å². The van der Waals surface area contributed by atoms with Gasteiger partial charge in [-0.1, -0.05) is 15.9 Å². The molecule has 0 saturated carbocycles. The number of thiol groups is 1. The van der Waals surface area contributed by atoms with E-state index in [4.69, 9.17) is 0 Å². The molecular weight excluding hydrogens is 312 g/mol. The van der Waals surface area contributed by atoms with Crippen LogP contribution in [-0.2, 0) is 0 Å². The number of piperidine rings is 1.